The first-order valence-corrected chi connectivity index (χ1v) is 18.3. The second kappa shape index (κ2) is 14.7. The van der Waals surface area contributed by atoms with Gasteiger partial charge < -0.3 is 9.13 Å². The lowest BCUT2D eigenvalue weighted by Crippen LogP contribution is -2.36. The van der Waals surface area contributed by atoms with E-state index in [4.69, 9.17) is 9.65 Å². The van der Waals surface area contributed by atoms with Gasteiger partial charge >= 0.3 is 13.5 Å². The van der Waals surface area contributed by atoms with Gasteiger partial charge in [-0.2, -0.15) is 13.2 Å². The van der Waals surface area contributed by atoms with Gasteiger partial charge in [-0.05, 0) is 58.6 Å². The van der Waals surface area contributed by atoms with Crippen molar-refractivity contribution in [1.29, 1.82) is 0 Å². The first-order valence-electron chi connectivity index (χ1n) is 18.3. The smallest absolute Gasteiger partial charge is 0.382 e. The minimum absolute atomic E-state index is 0.153. The quantitative estimate of drug-likeness (QED) is 0.109. The van der Waals surface area contributed by atoms with Crippen molar-refractivity contribution in [2.45, 2.75) is 84.7 Å². The minimum atomic E-state index is -5.17. The molecule has 10 heteroatoms. The van der Waals surface area contributed by atoms with Gasteiger partial charge in [0.15, 0.2) is 0 Å². The van der Waals surface area contributed by atoms with Gasteiger partial charge in [0.25, 0.3) is 5.92 Å². The van der Waals surface area contributed by atoms with E-state index in [1.807, 2.05) is 104 Å². The Morgan fingerprint density at radius 1 is 0.673 bits per heavy atom. The lowest BCUT2D eigenvalue weighted by molar-refractivity contribution is -0.195. The Morgan fingerprint density at radius 3 is 1.71 bits per heavy atom. The van der Waals surface area contributed by atoms with Gasteiger partial charge in [0, 0.05) is 33.6 Å². The SMILES string of the molecule is C/C(=C1/N=C(c2ccc(C)cc2)c2ccccc21)c1c(-c2ccc(C(C)(C)C)cc2)cc(-c2ccc(C(C)(C)C)cc2)n1B(F)OCC(F)(F)CC(F)(F)F. The average Bonchev–Trinajstić information content (AvgIpc) is 3.69. The lowest BCUT2D eigenvalue weighted by atomic mass is 9.86. The van der Waals surface area contributed by atoms with Crippen molar-refractivity contribution < 1.29 is 30.9 Å². The van der Waals surface area contributed by atoms with Crippen LogP contribution < -0.4 is 0 Å². The summed E-state index contributed by atoms with van der Waals surface area (Å²) in [6, 6.07) is 32.8. The van der Waals surface area contributed by atoms with E-state index in [2.05, 4.69) is 41.5 Å². The van der Waals surface area contributed by atoms with Crippen LogP contribution in [-0.2, 0) is 15.5 Å². The van der Waals surface area contributed by atoms with Gasteiger partial charge in [0.1, 0.15) is 6.42 Å². The van der Waals surface area contributed by atoms with Crippen molar-refractivity contribution in [1.82, 2.24) is 4.48 Å². The molecule has 286 valence electrons. The first-order chi connectivity index (χ1) is 25.6. The molecule has 0 saturated heterocycles. The molecule has 4 aromatic carbocycles. The van der Waals surface area contributed by atoms with Gasteiger partial charge in [0.2, 0.25) is 0 Å². The van der Waals surface area contributed by atoms with Crippen molar-refractivity contribution in [2.24, 2.45) is 4.99 Å². The predicted molar refractivity (Wildman–Crippen MR) is 212 cm³/mol. The Morgan fingerprint density at radius 2 is 1.18 bits per heavy atom. The zero-order valence-electron chi connectivity index (χ0n) is 32.4. The van der Waals surface area contributed by atoms with E-state index in [9.17, 15) is 22.0 Å². The molecule has 0 spiro atoms. The second-order valence-electron chi connectivity index (χ2n) is 16.4. The molecule has 1 aliphatic rings. The first kappa shape index (κ1) is 39.9. The Balaban J connectivity index is 1.63. The van der Waals surface area contributed by atoms with Crippen LogP contribution in [0, 0.1) is 6.92 Å². The van der Waals surface area contributed by atoms with Gasteiger partial charge in [-0.1, -0.05) is 144 Å². The highest BCUT2D eigenvalue weighted by Crippen LogP contribution is 2.44. The maximum absolute atomic E-state index is 16.9. The number of alkyl halides is 5. The molecular formula is C45H45BF6N2O. The summed E-state index contributed by atoms with van der Waals surface area (Å²) in [7, 11) is -2.60. The van der Waals surface area contributed by atoms with Crippen molar-refractivity contribution in [3.63, 3.8) is 0 Å². The Kier molecular flexibility index (Phi) is 10.6. The molecule has 0 radical (unpaired) electrons. The zero-order chi connectivity index (χ0) is 40.1. The third kappa shape index (κ3) is 8.70. The zero-order valence-corrected chi connectivity index (χ0v) is 32.4. The summed E-state index contributed by atoms with van der Waals surface area (Å²) in [5.74, 6) is -4.36. The minimum Gasteiger partial charge on any atom is -0.382 e. The molecular weight excluding hydrogens is 709 g/mol. The van der Waals surface area contributed by atoms with Crippen LogP contribution in [0.3, 0.4) is 0 Å². The molecule has 5 aromatic rings. The molecule has 2 heterocycles. The monoisotopic (exact) mass is 754 g/mol. The molecule has 1 aromatic heterocycles. The number of hydrogen-bond donors (Lipinski definition) is 0. The maximum atomic E-state index is 16.9. The molecule has 0 atom stereocenters. The van der Waals surface area contributed by atoms with Gasteiger partial charge in [-0.15, -0.1) is 0 Å². The maximum Gasteiger partial charge on any atom is 0.638 e. The fraction of sp³-hybridized carbons (Fsp3) is 0.311. The summed E-state index contributed by atoms with van der Waals surface area (Å²) in [6.07, 6.45) is -7.61. The Labute approximate surface area is 320 Å². The third-order valence-electron chi connectivity index (χ3n) is 9.94. The number of aryl methyl sites for hydroxylation is 1. The fourth-order valence-electron chi connectivity index (χ4n) is 6.92. The topological polar surface area (TPSA) is 26.5 Å². The molecule has 0 unspecified atom stereocenters. The predicted octanol–water partition coefficient (Wildman–Crippen LogP) is 12.9. The van der Waals surface area contributed by atoms with E-state index in [1.165, 1.54) is 4.48 Å². The lowest BCUT2D eigenvalue weighted by Gasteiger charge is -2.22. The van der Waals surface area contributed by atoms with Crippen LogP contribution in [0.4, 0.5) is 26.3 Å². The molecule has 0 bridgehead atoms. The summed E-state index contributed by atoms with van der Waals surface area (Å²) in [6.45, 7) is 14.5. The van der Waals surface area contributed by atoms with Crippen LogP contribution >= 0.6 is 0 Å². The fourth-order valence-corrected chi connectivity index (χ4v) is 6.92. The number of aliphatic imine (C=N–C) groups is 1. The van der Waals surface area contributed by atoms with Crippen LogP contribution in [0.15, 0.2) is 108 Å². The van der Waals surface area contributed by atoms with Gasteiger partial charge in [-0.3, -0.25) is 4.32 Å². The number of nitrogens with zero attached hydrogens (tertiary/aromatic N) is 2. The molecule has 0 saturated carbocycles. The number of halogens is 6. The highest BCUT2D eigenvalue weighted by atomic mass is 19.4. The van der Waals surface area contributed by atoms with Gasteiger partial charge in [-0.25, -0.2) is 13.8 Å². The molecule has 6 rings (SSSR count). The van der Waals surface area contributed by atoms with E-state index in [0.717, 1.165) is 44.7 Å². The highest BCUT2D eigenvalue weighted by molar-refractivity contribution is 6.43. The van der Waals surface area contributed by atoms with Crippen molar-refractivity contribution in [3.05, 3.63) is 142 Å². The summed E-state index contributed by atoms with van der Waals surface area (Å²) in [5, 5.41) is 0. The summed E-state index contributed by atoms with van der Waals surface area (Å²) in [4.78, 5) is 5.13. The number of rotatable bonds is 9. The molecule has 3 nitrogen and oxygen atoms in total. The number of benzene rings is 4. The standard InChI is InChI=1S/C45H45BF6N2O/c1-28-13-15-32(16-14-28)40-36-12-10-9-11-35(36)39(53-40)29(2)41-37(30-17-21-33(22-18-30)42(3,4)5)25-38(31-19-23-34(24-20-31)43(6,7)8)54(41)46(52)55-27-44(47,48)26-45(49,50)51/h9-25H,26-27H2,1-8H3/b39-29-. The Bertz CT molecular complexity index is 2240. The summed E-state index contributed by atoms with van der Waals surface area (Å²) >= 11 is 0. The van der Waals surface area contributed by atoms with Crippen LogP contribution in [0.2, 0.25) is 0 Å². The number of hydrogen-bond acceptors (Lipinski definition) is 2. The van der Waals surface area contributed by atoms with Crippen LogP contribution in [0.5, 0.6) is 0 Å². The number of allylic oxidation sites excluding steroid dienone is 1. The van der Waals surface area contributed by atoms with Crippen molar-refractivity contribution >= 4 is 24.3 Å². The van der Waals surface area contributed by atoms with E-state index >= 15 is 4.32 Å². The van der Waals surface area contributed by atoms with Crippen LogP contribution in [0.1, 0.15) is 94.0 Å². The number of fused-ring (bicyclic) bond motifs is 1. The van der Waals surface area contributed by atoms with Crippen LogP contribution in [-0.4, -0.2) is 36.2 Å². The Hall–Kier alpha value is -4.83. The number of aromatic nitrogens is 1. The summed E-state index contributed by atoms with van der Waals surface area (Å²) < 4.78 is 91.7. The highest BCUT2D eigenvalue weighted by Gasteiger charge is 2.45. The van der Waals surface area contributed by atoms with E-state index in [-0.39, 0.29) is 10.8 Å². The van der Waals surface area contributed by atoms with E-state index in [1.54, 1.807) is 13.0 Å². The van der Waals surface area contributed by atoms with E-state index in [0.29, 0.717) is 33.8 Å². The van der Waals surface area contributed by atoms with Crippen molar-refractivity contribution in [2.75, 3.05) is 6.61 Å². The average molecular weight is 755 g/mol. The van der Waals surface area contributed by atoms with Crippen molar-refractivity contribution in [3.8, 4) is 22.4 Å². The van der Waals surface area contributed by atoms with Crippen LogP contribution in [0.25, 0.3) is 33.7 Å². The molecule has 55 heavy (non-hydrogen) atoms. The van der Waals surface area contributed by atoms with Gasteiger partial charge in [0.05, 0.1) is 18.0 Å². The molecule has 0 amide bonds. The molecule has 0 aliphatic carbocycles. The largest absolute Gasteiger partial charge is 0.638 e. The second-order valence-corrected chi connectivity index (χ2v) is 16.4. The molecule has 0 fully saturated rings. The normalized spacial score (nSPS) is 14.5. The summed E-state index contributed by atoms with van der Waals surface area (Å²) in [5.41, 5.74) is 9.61. The third-order valence-corrected chi connectivity index (χ3v) is 9.94. The van der Waals surface area contributed by atoms with E-state index < -0.39 is 32.5 Å². The molecule has 1 aliphatic heterocycles. The molecule has 0 N–H and O–H groups in total.